The van der Waals surface area contributed by atoms with Crippen molar-refractivity contribution in [1.82, 2.24) is 14.8 Å². The third-order valence-corrected chi connectivity index (χ3v) is 4.60. The first-order valence-corrected chi connectivity index (χ1v) is 8.36. The van der Waals surface area contributed by atoms with Crippen LogP contribution < -0.4 is 10.9 Å². The minimum atomic E-state index is -0.311. The molecule has 4 rings (SSSR count). The molecule has 0 bridgehead atoms. The molecule has 6 heteroatoms. The summed E-state index contributed by atoms with van der Waals surface area (Å²) in [4.78, 5) is 28.1. The van der Waals surface area contributed by atoms with Crippen molar-refractivity contribution in [3.63, 3.8) is 0 Å². The van der Waals surface area contributed by atoms with Crippen molar-refractivity contribution in [3.05, 3.63) is 70.1 Å². The first-order valence-electron chi connectivity index (χ1n) is 8.36. The standard InChI is InChI=1S/C20H18N4O2/c1-12-7-8-14(9-13(12)2)22-18(25)11-24-20(26)19-16(10-21-24)15-5-3-4-6-17(15)23-19/h3-10,23H,11H2,1-2H3,(H,22,25). The number of anilines is 1. The summed E-state index contributed by atoms with van der Waals surface area (Å²) in [6.45, 7) is 3.86. The summed E-state index contributed by atoms with van der Waals surface area (Å²) in [6.07, 6.45) is 1.62. The molecule has 2 heterocycles. The van der Waals surface area contributed by atoms with Crippen LogP contribution in [-0.4, -0.2) is 20.7 Å². The van der Waals surface area contributed by atoms with Crippen LogP contribution in [0.2, 0.25) is 0 Å². The van der Waals surface area contributed by atoms with Gasteiger partial charge >= 0.3 is 0 Å². The monoisotopic (exact) mass is 346 g/mol. The van der Waals surface area contributed by atoms with Gasteiger partial charge in [0.1, 0.15) is 12.1 Å². The second-order valence-corrected chi connectivity index (χ2v) is 6.41. The normalized spacial score (nSPS) is 11.2. The van der Waals surface area contributed by atoms with E-state index in [4.69, 9.17) is 0 Å². The number of aromatic amines is 1. The number of aryl methyl sites for hydroxylation is 2. The molecule has 2 aromatic carbocycles. The Morgan fingerprint density at radius 2 is 1.92 bits per heavy atom. The molecule has 0 aliphatic carbocycles. The second-order valence-electron chi connectivity index (χ2n) is 6.41. The summed E-state index contributed by atoms with van der Waals surface area (Å²) in [5, 5.41) is 8.68. The number of hydrogen-bond acceptors (Lipinski definition) is 3. The molecule has 0 aliphatic rings. The molecular weight excluding hydrogens is 328 g/mol. The van der Waals surface area contributed by atoms with Gasteiger partial charge in [-0.25, -0.2) is 4.68 Å². The van der Waals surface area contributed by atoms with Crippen LogP contribution in [0.5, 0.6) is 0 Å². The molecule has 0 unspecified atom stereocenters. The van der Waals surface area contributed by atoms with E-state index in [-0.39, 0.29) is 18.0 Å². The highest BCUT2D eigenvalue weighted by atomic mass is 16.2. The summed E-state index contributed by atoms with van der Waals surface area (Å²) in [7, 11) is 0. The molecule has 0 spiro atoms. The van der Waals surface area contributed by atoms with Gasteiger partial charge in [0.25, 0.3) is 5.56 Å². The third-order valence-electron chi connectivity index (χ3n) is 4.60. The van der Waals surface area contributed by atoms with Crippen molar-refractivity contribution in [1.29, 1.82) is 0 Å². The number of aromatic nitrogens is 3. The Morgan fingerprint density at radius 3 is 2.73 bits per heavy atom. The molecular formula is C20H18N4O2. The number of H-pyrrole nitrogens is 1. The van der Waals surface area contributed by atoms with Crippen molar-refractivity contribution in [3.8, 4) is 0 Å². The predicted molar refractivity (Wildman–Crippen MR) is 102 cm³/mol. The topological polar surface area (TPSA) is 79.8 Å². The Kier molecular flexibility index (Phi) is 3.80. The second kappa shape index (κ2) is 6.15. The molecule has 6 nitrogen and oxygen atoms in total. The first-order chi connectivity index (χ1) is 12.5. The van der Waals surface area contributed by atoms with E-state index in [0.717, 1.165) is 27.4 Å². The molecule has 26 heavy (non-hydrogen) atoms. The highest BCUT2D eigenvalue weighted by molar-refractivity contribution is 6.06. The minimum Gasteiger partial charge on any atom is -0.350 e. The van der Waals surface area contributed by atoms with E-state index in [1.807, 2.05) is 56.3 Å². The van der Waals surface area contributed by atoms with E-state index in [9.17, 15) is 9.59 Å². The van der Waals surface area contributed by atoms with Crippen molar-refractivity contribution in [2.75, 3.05) is 5.32 Å². The lowest BCUT2D eigenvalue weighted by atomic mass is 10.1. The first kappa shape index (κ1) is 16.1. The number of para-hydroxylation sites is 1. The summed E-state index contributed by atoms with van der Waals surface area (Å²) >= 11 is 0. The SMILES string of the molecule is Cc1ccc(NC(=O)Cn2ncc3c([nH]c4ccccc43)c2=O)cc1C. The highest BCUT2D eigenvalue weighted by Crippen LogP contribution is 2.21. The molecule has 130 valence electrons. The quantitative estimate of drug-likeness (QED) is 0.598. The number of nitrogens with one attached hydrogen (secondary N) is 2. The van der Waals surface area contributed by atoms with E-state index in [2.05, 4.69) is 15.4 Å². The Hall–Kier alpha value is -3.41. The molecule has 2 aromatic heterocycles. The Bertz CT molecular complexity index is 1200. The number of rotatable bonds is 3. The van der Waals surface area contributed by atoms with Gasteiger partial charge in [0, 0.05) is 22.0 Å². The Morgan fingerprint density at radius 1 is 1.12 bits per heavy atom. The lowest BCUT2D eigenvalue weighted by Crippen LogP contribution is -2.29. The third kappa shape index (κ3) is 2.75. The highest BCUT2D eigenvalue weighted by Gasteiger charge is 2.12. The summed E-state index contributed by atoms with van der Waals surface area (Å²) in [5.74, 6) is -0.293. The summed E-state index contributed by atoms with van der Waals surface area (Å²) in [6, 6.07) is 13.4. The van der Waals surface area contributed by atoms with Gasteiger partial charge in [-0.2, -0.15) is 5.10 Å². The van der Waals surface area contributed by atoms with Crippen LogP contribution in [0.3, 0.4) is 0 Å². The zero-order chi connectivity index (χ0) is 18.3. The maximum absolute atomic E-state index is 12.7. The average molecular weight is 346 g/mol. The number of carbonyl (C=O) groups excluding carboxylic acids is 1. The zero-order valence-electron chi connectivity index (χ0n) is 14.5. The fourth-order valence-electron chi connectivity index (χ4n) is 3.04. The largest absolute Gasteiger partial charge is 0.350 e. The van der Waals surface area contributed by atoms with Crippen LogP contribution in [0, 0.1) is 13.8 Å². The van der Waals surface area contributed by atoms with Crippen molar-refractivity contribution < 1.29 is 4.79 Å². The molecule has 2 N–H and O–H groups in total. The molecule has 1 amide bonds. The smallest absolute Gasteiger partial charge is 0.291 e. The van der Waals surface area contributed by atoms with Gasteiger partial charge in [0.05, 0.1) is 6.20 Å². The van der Waals surface area contributed by atoms with Gasteiger partial charge in [-0.3, -0.25) is 9.59 Å². The van der Waals surface area contributed by atoms with Crippen molar-refractivity contribution >= 4 is 33.4 Å². The van der Waals surface area contributed by atoms with Crippen molar-refractivity contribution in [2.45, 2.75) is 20.4 Å². The zero-order valence-corrected chi connectivity index (χ0v) is 14.5. The van der Waals surface area contributed by atoms with Crippen molar-refractivity contribution in [2.24, 2.45) is 0 Å². The van der Waals surface area contributed by atoms with E-state index in [0.29, 0.717) is 11.2 Å². The summed E-state index contributed by atoms with van der Waals surface area (Å²) < 4.78 is 1.17. The number of nitrogens with zero attached hydrogens (tertiary/aromatic N) is 2. The van der Waals surface area contributed by atoms with Gasteiger partial charge in [0.2, 0.25) is 5.91 Å². The van der Waals surface area contributed by atoms with E-state index < -0.39 is 0 Å². The van der Waals surface area contributed by atoms with Gasteiger partial charge in [-0.1, -0.05) is 24.3 Å². The fraction of sp³-hybridized carbons (Fsp3) is 0.150. The average Bonchev–Trinajstić information content (AvgIpc) is 3.00. The molecule has 0 aliphatic heterocycles. The van der Waals surface area contributed by atoms with Crippen LogP contribution in [0.15, 0.2) is 53.5 Å². The number of fused-ring (bicyclic) bond motifs is 3. The van der Waals surface area contributed by atoms with Gasteiger partial charge < -0.3 is 10.3 Å². The maximum Gasteiger partial charge on any atom is 0.291 e. The molecule has 4 aromatic rings. The molecule has 0 saturated heterocycles. The number of benzene rings is 2. The number of carbonyl (C=O) groups is 1. The Labute approximate surface area is 149 Å². The predicted octanol–water partition coefficient (Wildman–Crippen LogP) is 3.13. The summed E-state index contributed by atoms with van der Waals surface area (Å²) in [5.41, 5.74) is 3.98. The van der Waals surface area contributed by atoms with Gasteiger partial charge in [-0.05, 0) is 43.2 Å². The number of hydrogen-bond donors (Lipinski definition) is 2. The van der Waals surface area contributed by atoms with Crippen LogP contribution in [-0.2, 0) is 11.3 Å². The molecule has 0 fully saturated rings. The minimum absolute atomic E-state index is 0.142. The van der Waals surface area contributed by atoms with Gasteiger partial charge in [0.15, 0.2) is 0 Å². The molecule has 0 radical (unpaired) electrons. The van der Waals surface area contributed by atoms with Crippen LogP contribution >= 0.6 is 0 Å². The maximum atomic E-state index is 12.7. The Balaban J connectivity index is 1.63. The van der Waals surface area contributed by atoms with Crippen LogP contribution in [0.25, 0.3) is 21.8 Å². The van der Waals surface area contributed by atoms with E-state index in [1.165, 1.54) is 4.68 Å². The van der Waals surface area contributed by atoms with E-state index >= 15 is 0 Å². The fourth-order valence-corrected chi connectivity index (χ4v) is 3.04. The lowest BCUT2D eigenvalue weighted by Gasteiger charge is -2.08. The molecule has 0 atom stereocenters. The van der Waals surface area contributed by atoms with Crippen LogP contribution in [0.4, 0.5) is 5.69 Å². The molecule has 0 saturated carbocycles. The van der Waals surface area contributed by atoms with E-state index in [1.54, 1.807) is 6.20 Å². The number of amides is 1. The lowest BCUT2D eigenvalue weighted by molar-refractivity contribution is -0.117. The van der Waals surface area contributed by atoms with Crippen LogP contribution in [0.1, 0.15) is 11.1 Å². The van der Waals surface area contributed by atoms with Gasteiger partial charge in [-0.15, -0.1) is 0 Å².